The van der Waals surface area contributed by atoms with Crippen LogP contribution in [-0.4, -0.2) is 93.3 Å². The lowest BCUT2D eigenvalue weighted by Crippen LogP contribution is -2.55. The van der Waals surface area contributed by atoms with E-state index in [0.717, 1.165) is 90.3 Å². The first kappa shape index (κ1) is 33.1. The fraction of sp³-hybridized carbons (Fsp3) is 0.487. The third-order valence-corrected chi connectivity index (χ3v) is 12.0. The number of rotatable bonds is 9. The van der Waals surface area contributed by atoms with Gasteiger partial charge >= 0.3 is 6.01 Å². The molecular weight excluding hydrogens is 678 g/mol. The van der Waals surface area contributed by atoms with Gasteiger partial charge in [-0.15, -0.1) is 0 Å². The van der Waals surface area contributed by atoms with Gasteiger partial charge < -0.3 is 24.0 Å². The maximum atomic E-state index is 13.5. The lowest BCUT2D eigenvalue weighted by Gasteiger charge is -2.42. The number of carbonyl (C=O) groups excluding carboxylic acids is 1. The Labute approximate surface area is 308 Å². The molecule has 268 valence electrons. The normalized spacial score (nSPS) is 21.5. The van der Waals surface area contributed by atoms with Crippen LogP contribution in [0.4, 0.5) is 11.5 Å². The van der Waals surface area contributed by atoms with Crippen molar-refractivity contribution in [3.05, 3.63) is 70.5 Å². The highest BCUT2D eigenvalue weighted by atomic mass is 35.5. The van der Waals surface area contributed by atoms with Crippen LogP contribution in [0.2, 0.25) is 5.02 Å². The summed E-state index contributed by atoms with van der Waals surface area (Å²) >= 11 is 6.77. The van der Waals surface area contributed by atoms with E-state index in [9.17, 15) is 10.1 Å². The number of carbonyl (C=O) groups is 1. The van der Waals surface area contributed by atoms with Gasteiger partial charge in [-0.2, -0.15) is 20.2 Å². The molecule has 0 radical (unpaired) electrons. The Kier molecular flexibility index (Phi) is 8.71. The Balaban J connectivity index is 0.997. The Bertz CT molecular complexity index is 2060. The van der Waals surface area contributed by atoms with E-state index in [1.165, 1.54) is 18.9 Å². The van der Waals surface area contributed by atoms with E-state index in [2.05, 4.69) is 55.2 Å². The maximum absolute atomic E-state index is 13.5. The van der Waals surface area contributed by atoms with Crippen LogP contribution in [-0.2, 0) is 17.8 Å². The monoisotopic (exact) mass is 719 g/mol. The highest BCUT2D eigenvalue weighted by molar-refractivity contribution is 6.36. The van der Waals surface area contributed by atoms with Crippen molar-refractivity contribution >= 4 is 45.9 Å². The quantitative estimate of drug-likeness (QED) is 0.196. The van der Waals surface area contributed by atoms with Gasteiger partial charge in [0.1, 0.15) is 12.4 Å². The topological polar surface area (TPSA) is 128 Å². The predicted octanol–water partition coefficient (Wildman–Crippen LogP) is 5.76. The summed E-state index contributed by atoms with van der Waals surface area (Å²) in [5.41, 5.74) is 3.17. The number of benzene rings is 2. The Morgan fingerprint density at radius 2 is 1.87 bits per heavy atom. The molecule has 0 unspecified atom stereocenters. The molecule has 6 heterocycles. The predicted molar refractivity (Wildman–Crippen MR) is 197 cm³/mol. The zero-order chi connectivity index (χ0) is 35.2. The van der Waals surface area contributed by atoms with Crippen molar-refractivity contribution in [1.29, 1.82) is 5.26 Å². The van der Waals surface area contributed by atoms with Crippen LogP contribution in [0.5, 0.6) is 6.01 Å². The van der Waals surface area contributed by atoms with E-state index in [1.54, 1.807) is 11.0 Å². The molecule has 1 amide bonds. The second kappa shape index (κ2) is 13.7. The van der Waals surface area contributed by atoms with Gasteiger partial charge in [0.15, 0.2) is 5.82 Å². The van der Waals surface area contributed by atoms with E-state index in [0.29, 0.717) is 56.4 Å². The number of piperazine rings is 1. The summed E-state index contributed by atoms with van der Waals surface area (Å²) in [6, 6.07) is 14.7. The molecule has 1 atom stereocenters. The van der Waals surface area contributed by atoms with Gasteiger partial charge in [-0.05, 0) is 75.6 Å². The number of ether oxygens (including phenoxy) is 1. The molecule has 1 aliphatic carbocycles. The number of aromatic nitrogens is 4. The molecular formula is C39H42ClN9O3. The first-order valence-electron chi connectivity index (χ1n) is 18.6. The minimum absolute atomic E-state index is 0.0588. The average molecular weight is 720 g/mol. The molecule has 9 rings (SSSR count). The van der Waals surface area contributed by atoms with Crippen LogP contribution < -0.4 is 14.5 Å². The molecule has 2 aromatic carbocycles. The van der Waals surface area contributed by atoms with Crippen molar-refractivity contribution in [1.82, 2.24) is 29.9 Å². The molecule has 3 saturated heterocycles. The molecule has 52 heavy (non-hydrogen) atoms. The maximum Gasteiger partial charge on any atom is 0.318 e. The van der Waals surface area contributed by atoms with Crippen LogP contribution in [0, 0.1) is 11.3 Å². The molecule has 5 aliphatic rings. The molecule has 1 saturated carbocycles. The second-order valence-electron chi connectivity index (χ2n) is 14.8. The van der Waals surface area contributed by atoms with E-state index in [-0.39, 0.29) is 23.9 Å². The van der Waals surface area contributed by atoms with Crippen molar-refractivity contribution in [2.45, 2.75) is 75.4 Å². The van der Waals surface area contributed by atoms with Crippen LogP contribution in [0.1, 0.15) is 73.8 Å². The van der Waals surface area contributed by atoms with Crippen LogP contribution in [0.15, 0.2) is 47.0 Å². The second-order valence-corrected chi connectivity index (χ2v) is 15.2. The number of nitrogens with zero attached hydrogens (tertiary/aromatic N) is 9. The third-order valence-electron chi connectivity index (χ3n) is 11.6. The lowest BCUT2D eigenvalue weighted by molar-refractivity contribution is -0.128. The van der Waals surface area contributed by atoms with Crippen molar-refractivity contribution in [2.24, 2.45) is 0 Å². The van der Waals surface area contributed by atoms with Crippen molar-refractivity contribution in [3.8, 4) is 12.1 Å². The van der Waals surface area contributed by atoms with E-state index < -0.39 is 0 Å². The van der Waals surface area contributed by atoms with Crippen molar-refractivity contribution in [3.63, 3.8) is 0 Å². The number of anilines is 2. The fourth-order valence-corrected chi connectivity index (χ4v) is 9.08. The Morgan fingerprint density at radius 3 is 2.67 bits per heavy atom. The Hall–Kier alpha value is -4.73. The minimum atomic E-state index is -0.321. The molecule has 13 heteroatoms. The summed E-state index contributed by atoms with van der Waals surface area (Å²) in [6.07, 6.45) is 10.8. The third kappa shape index (κ3) is 6.24. The lowest BCUT2D eigenvalue weighted by atomic mass is 9.95. The largest absolute Gasteiger partial charge is 0.461 e. The molecule has 12 nitrogen and oxygen atoms in total. The van der Waals surface area contributed by atoms with Gasteiger partial charge in [0.2, 0.25) is 5.91 Å². The highest BCUT2D eigenvalue weighted by Gasteiger charge is 2.45. The molecule has 2 aromatic heterocycles. The van der Waals surface area contributed by atoms with Crippen LogP contribution in [0.3, 0.4) is 0 Å². The fourth-order valence-electron chi connectivity index (χ4n) is 8.80. The van der Waals surface area contributed by atoms with Gasteiger partial charge in [-0.3, -0.25) is 9.69 Å². The van der Waals surface area contributed by atoms with Gasteiger partial charge in [0.25, 0.3) is 5.89 Å². The number of fused-ring (bicyclic) bond motifs is 3. The van der Waals surface area contributed by atoms with Crippen molar-refractivity contribution < 1.29 is 14.1 Å². The van der Waals surface area contributed by atoms with Gasteiger partial charge in [-0.25, -0.2) is 0 Å². The van der Waals surface area contributed by atoms with E-state index in [4.69, 9.17) is 30.8 Å². The van der Waals surface area contributed by atoms with E-state index >= 15 is 0 Å². The zero-order valence-corrected chi connectivity index (χ0v) is 30.0. The summed E-state index contributed by atoms with van der Waals surface area (Å²) < 4.78 is 11.9. The van der Waals surface area contributed by atoms with Gasteiger partial charge in [0.05, 0.1) is 41.3 Å². The van der Waals surface area contributed by atoms with Gasteiger partial charge in [0, 0.05) is 60.9 Å². The van der Waals surface area contributed by atoms with Crippen LogP contribution >= 0.6 is 11.6 Å². The SMILES string of the molecule is N#CC[C@H]1CN(c2nc(OCC34CCCN3CCC4)nc3c2CCN(c2cccc4cccc(Cl)c24)C3)CCN1C(=O)/C=C/c1nc(C2CC2)no1. The van der Waals surface area contributed by atoms with Crippen molar-refractivity contribution in [2.75, 3.05) is 55.7 Å². The Morgan fingerprint density at radius 1 is 1.04 bits per heavy atom. The summed E-state index contributed by atoms with van der Waals surface area (Å²) in [5.74, 6) is 2.05. The summed E-state index contributed by atoms with van der Waals surface area (Å²) in [6.45, 7) is 5.66. The standard InChI is InChI=1S/C39H42ClN9O3/c40-30-7-1-5-26-6-2-8-32(35(26)30)46-20-14-29-31(24-46)42-38(51-25-39-15-3-18-48(39)19-4-16-39)44-37(29)47-21-22-49(28(23-47)13-17-41)34(50)12-11-33-43-36(45-52-33)27-9-10-27/h1-2,5-8,11-12,27-28H,3-4,9-10,13-16,18-25H2/b12-11+/t28-/m0/s1. The first-order chi connectivity index (χ1) is 25.5. The first-order valence-corrected chi connectivity index (χ1v) is 19.0. The molecule has 4 aliphatic heterocycles. The molecule has 0 N–H and O–H groups in total. The molecule has 0 spiro atoms. The number of halogens is 1. The number of nitriles is 1. The summed E-state index contributed by atoms with van der Waals surface area (Å²) in [4.78, 5) is 37.0. The summed E-state index contributed by atoms with van der Waals surface area (Å²) in [5, 5.41) is 16.8. The highest BCUT2D eigenvalue weighted by Crippen LogP contribution is 2.41. The van der Waals surface area contributed by atoms with Gasteiger partial charge in [-0.1, -0.05) is 41.0 Å². The smallest absolute Gasteiger partial charge is 0.318 e. The molecule has 0 bridgehead atoms. The van der Waals surface area contributed by atoms with E-state index in [1.807, 2.05) is 12.1 Å². The minimum Gasteiger partial charge on any atom is -0.461 e. The zero-order valence-electron chi connectivity index (χ0n) is 29.2. The summed E-state index contributed by atoms with van der Waals surface area (Å²) in [7, 11) is 0. The van der Waals surface area contributed by atoms with Crippen LogP contribution in [0.25, 0.3) is 16.8 Å². The number of amides is 1. The number of hydrogen-bond donors (Lipinski definition) is 0. The molecule has 4 fully saturated rings. The molecule has 4 aromatic rings. The number of hydrogen-bond acceptors (Lipinski definition) is 11. The average Bonchev–Trinajstić information content (AvgIpc) is 3.56.